The van der Waals surface area contributed by atoms with Crippen LogP contribution in [0.2, 0.25) is 0 Å². The number of aliphatic hydroxyl groups excluding tert-OH is 1. The fourth-order valence-electron chi connectivity index (χ4n) is 1.78. The van der Waals surface area contributed by atoms with Crippen LogP contribution in [0.4, 0.5) is 4.79 Å². The molecule has 4 heteroatoms. The van der Waals surface area contributed by atoms with Gasteiger partial charge in [0, 0.05) is 12.2 Å². The number of nitrogens with one attached hydrogen (secondary N) is 1. The van der Waals surface area contributed by atoms with Crippen molar-refractivity contribution in [1.82, 2.24) is 5.32 Å². The zero-order valence-corrected chi connectivity index (χ0v) is 15.1. The summed E-state index contributed by atoms with van der Waals surface area (Å²) >= 11 is 0. The van der Waals surface area contributed by atoms with E-state index >= 15 is 0 Å². The van der Waals surface area contributed by atoms with Gasteiger partial charge in [-0.25, -0.2) is 4.79 Å². The maximum atomic E-state index is 12.0. The molecule has 2 N–H and O–H groups in total. The number of allylic oxidation sites excluding steroid dienone is 2. The Morgan fingerprint density at radius 3 is 2.46 bits per heavy atom. The van der Waals surface area contributed by atoms with Gasteiger partial charge in [-0.05, 0) is 56.7 Å². The van der Waals surface area contributed by atoms with Crippen LogP contribution < -0.4 is 5.32 Å². The van der Waals surface area contributed by atoms with E-state index in [1.54, 1.807) is 0 Å². The lowest BCUT2D eigenvalue weighted by Gasteiger charge is -2.20. The van der Waals surface area contributed by atoms with Crippen molar-refractivity contribution in [2.45, 2.75) is 40.2 Å². The molecule has 0 radical (unpaired) electrons. The second kappa shape index (κ2) is 9.14. The van der Waals surface area contributed by atoms with Gasteiger partial charge in [-0.15, -0.1) is 0 Å². The number of hydrogen-bond acceptors (Lipinski definition) is 3. The van der Waals surface area contributed by atoms with Gasteiger partial charge in [0.15, 0.2) is 0 Å². The highest BCUT2D eigenvalue weighted by Gasteiger charge is 2.17. The maximum absolute atomic E-state index is 12.0. The van der Waals surface area contributed by atoms with E-state index < -0.39 is 11.7 Å². The molecule has 0 unspecified atom stereocenters. The lowest BCUT2D eigenvalue weighted by molar-refractivity contribution is 0.0548. The Morgan fingerprint density at radius 1 is 1.29 bits per heavy atom. The molecule has 0 heterocycles. The van der Waals surface area contributed by atoms with Crippen molar-refractivity contribution in [2.75, 3.05) is 6.61 Å². The molecular weight excluding hydrogens is 302 g/mol. The number of amides is 1. The largest absolute Gasteiger partial charge is 0.444 e. The normalized spacial score (nSPS) is 14.2. The van der Waals surface area contributed by atoms with Gasteiger partial charge in [0.1, 0.15) is 5.60 Å². The van der Waals surface area contributed by atoms with Crippen molar-refractivity contribution >= 4 is 6.09 Å². The molecule has 0 aliphatic carbocycles. The summed E-state index contributed by atoms with van der Waals surface area (Å²) in [6.07, 6.45) is 1.31. The van der Waals surface area contributed by atoms with Crippen molar-refractivity contribution in [3.8, 4) is 11.8 Å². The summed E-state index contributed by atoms with van der Waals surface area (Å²) in [5.41, 5.74) is 0.754. The first-order valence-electron chi connectivity index (χ1n) is 8.11. The smallest absolute Gasteiger partial charge is 0.412 e. The number of benzene rings is 1. The minimum absolute atomic E-state index is 0.0602. The third-order valence-electron chi connectivity index (χ3n) is 3.37. The van der Waals surface area contributed by atoms with Gasteiger partial charge in [-0.3, -0.25) is 5.32 Å². The van der Waals surface area contributed by atoms with Crippen molar-refractivity contribution in [3.63, 3.8) is 0 Å². The van der Waals surface area contributed by atoms with Crippen LogP contribution in [0, 0.1) is 23.7 Å². The van der Waals surface area contributed by atoms with E-state index in [1.165, 1.54) is 0 Å². The fraction of sp³-hybridized carbons (Fsp3) is 0.450. The number of rotatable bonds is 4. The quantitative estimate of drug-likeness (QED) is 0.828. The Kier molecular flexibility index (Phi) is 7.54. The molecule has 0 saturated carbocycles. The lowest BCUT2D eigenvalue weighted by atomic mass is 9.96. The van der Waals surface area contributed by atoms with Gasteiger partial charge < -0.3 is 9.84 Å². The standard InChI is InChI=1S/C20H27NO3/c1-15(16(2)14-22)13-18(21-19(23)24-20(3,4)5)12-11-17-9-7-6-8-10-17/h6-10,13,15-16,22H,14H2,1-5H3,(H,21,23)/b18-13-/t15-,16-/m0/s1. The summed E-state index contributed by atoms with van der Waals surface area (Å²) in [4.78, 5) is 12.0. The monoisotopic (exact) mass is 329 g/mol. The first kappa shape index (κ1) is 19.8. The second-order valence-electron chi connectivity index (χ2n) is 6.84. The summed E-state index contributed by atoms with van der Waals surface area (Å²) in [5, 5.41) is 12.0. The minimum atomic E-state index is -0.577. The molecule has 1 aromatic carbocycles. The fourth-order valence-corrected chi connectivity index (χ4v) is 1.78. The van der Waals surface area contributed by atoms with Crippen molar-refractivity contribution in [2.24, 2.45) is 11.8 Å². The van der Waals surface area contributed by atoms with Crippen LogP contribution in [0.3, 0.4) is 0 Å². The summed E-state index contributed by atoms with van der Waals surface area (Å²) in [6.45, 7) is 9.41. The molecular formula is C20H27NO3. The third-order valence-corrected chi connectivity index (χ3v) is 3.37. The average Bonchev–Trinajstić information content (AvgIpc) is 2.50. The highest BCUT2D eigenvalue weighted by atomic mass is 16.6. The van der Waals surface area contributed by atoms with E-state index in [9.17, 15) is 9.90 Å². The van der Waals surface area contributed by atoms with Crippen LogP contribution in [-0.4, -0.2) is 23.4 Å². The lowest BCUT2D eigenvalue weighted by Crippen LogP contribution is -2.32. The average molecular weight is 329 g/mol. The summed E-state index contributed by atoms with van der Waals surface area (Å²) in [6, 6.07) is 9.54. The molecule has 0 bridgehead atoms. The topological polar surface area (TPSA) is 58.6 Å². The van der Waals surface area contributed by atoms with Crippen molar-refractivity contribution < 1.29 is 14.6 Å². The number of carbonyl (C=O) groups excluding carboxylic acids is 1. The zero-order valence-electron chi connectivity index (χ0n) is 15.1. The molecule has 4 nitrogen and oxygen atoms in total. The van der Waals surface area contributed by atoms with Gasteiger partial charge in [0.25, 0.3) is 0 Å². The number of hydrogen-bond donors (Lipinski definition) is 2. The van der Waals surface area contributed by atoms with Crippen molar-refractivity contribution in [1.29, 1.82) is 0 Å². The van der Waals surface area contributed by atoms with Gasteiger partial charge in [-0.2, -0.15) is 0 Å². The Hall–Kier alpha value is -2.25. The van der Waals surface area contributed by atoms with Crippen LogP contribution in [0.1, 0.15) is 40.2 Å². The van der Waals surface area contributed by atoms with Crippen LogP contribution in [0.5, 0.6) is 0 Å². The number of aliphatic hydroxyl groups is 1. The molecule has 0 spiro atoms. The molecule has 2 atom stereocenters. The molecule has 0 aromatic heterocycles. The zero-order chi connectivity index (χ0) is 18.2. The van der Waals surface area contributed by atoms with E-state index in [0.29, 0.717) is 5.70 Å². The molecule has 24 heavy (non-hydrogen) atoms. The Balaban J connectivity index is 2.97. The van der Waals surface area contributed by atoms with Crippen LogP contribution in [0.15, 0.2) is 42.1 Å². The Morgan fingerprint density at radius 2 is 1.92 bits per heavy atom. The Labute approximate surface area is 144 Å². The number of carbonyl (C=O) groups is 1. The van der Waals surface area contributed by atoms with E-state index in [2.05, 4.69) is 17.2 Å². The highest BCUT2D eigenvalue weighted by molar-refractivity contribution is 5.71. The van der Waals surface area contributed by atoms with Gasteiger partial charge in [-0.1, -0.05) is 38.0 Å². The predicted molar refractivity (Wildman–Crippen MR) is 96.2 cm³/mol. The molecule has 130 valence electrons. The molecule has 0 fully saturated rings. The van der Waals surface area contributed by atoms with E-state index in [0.717, 1.165) is 5.56 Å². The molecule has 0 aliphatic rings. The predicted octanol–water partition coefficient (Wildman–Crippen LogP) is 3.71. The van der Waals surface area contributed by atoms with Gasteiger partial charge >= 0.3 is 6.09 Å². The van der Waals surface area contributed by atoms with E-state index in [4.69, 9.17) is 4.74 Å². The summed E-state index contributed by atoms with van der Waals surface area (Å²) < 4.78 is 5.28. The maximum Gasteiger partial charge on any atom is 0.412 e. The highest BCUT2D eigenvalue weighted by Crippen LogP contribution is 2.14. The molecule has 1 aromatic rings. The van der Waals surface area contributed by atoms with Gasteiger partial charge in [0.2, 0.25) is 0 Å². The first-order valence-corrected chi connectivity index (χ1v) is 8.11. The number of ether oxygens (including phenoxy) is 1. The van der Waals surface area contributed by atoms with Crippen molar-refractivity contribution in [3.05, 3.63) is 47.7 Å². The SMILES string of the molecule is C[C@@H](/C=C(/C#Cc1ccccc1)NC(=O)OC(C)(C)C)[C@@H](C)CO. The van der Waals surface area contributed by atoms with Gasteiger partial charge in [0.05, 0.1) is 5.70 Å². The molecule has 0 aliphatic heterocycles. The van der Waals surface area contributed by atoms with E-state index in [1.807, 2.05) is 71.0 Å². The summed E-state index contributed by atoms with van der Waals surface area (Å²) in [5.74, 6) is 6.13. The number of alkyl carbamates (subject to hydrolysis) is 1. The molecule has 0 saturated heterocycles. The molecule has 1 amide bonds. The second-order valence-corrected chi connectivity index (χ2v) is 6.84. The van der Waals surface area contributed by atoms with Crippen LogP contribution >= 0.6 is 0 Å². The summed E-state index contributed by atoms with van der Waals surface area (Å²) in [7, 11) is 0. The molecule has 1 rings (SSSR count). The van der Waals surface area contributed by atoms with Crippen LogP contribution in [-0.2, 0) is 4.74 Å². The third kappa shape index (κ3) is 7.85. The first-order chi connectivity index (χ1) is 11.2. The minimum Gasteiger partial charge on any atom is -0.444 e. The Bertz CT molecular complexity index is 618. The van der Waals surface area contributed by atoms with Crippen LogP contribution in [0.25, 0.3) is 0 Å². The van der Waals surface area contributed by atoms with E-state index in [-0.39, 0.29) is 18.4 Å².